The van der Waals surface area contributed by atoms with Gasteiger partial charge >= 0.3 is 0 Å². The minimum atomic E-state index is -0.674. The average Bonchev–Trinajstić information content (AvgIpc) is 1.64. The zero-order valence-electron chi connectivity index (χ0n) is 46.2. The Morgan fingerprint density at radius 2 is 0.753 bits per heavy atom. The second-order valence-electron chi connectivity index (χ2n) is 23.0. The van der Waals surface area contributed by atoms with Gasteiger partial charge in [-0.2, -0.15) is 0 Å². The smallest absolute Gasteiger partial charge is 0.140 e. The lowest BCUT2D eigenvalue weighted by Crippen LogP contribution is -2.32. The first-order valence-electron chi connectivity index (χ1n) is 29.4. The highest BCUT2D eigenvalue weighted by atomic mass is 16.5. The van der Waals surface area contributed by atoms with Crippen molar-refractivity contribution < 1.29 is 9.15 Å². The number of fused-ring (bicyclic) bond motifs is 19. The minimum Gasteiger partial charge on any atom is -0.456 e. The van der Waals surface area contributed by atoms with Crippen LogP contribution in [0.3, 0.4) is 0 Å². The second kappa shape index (κ2) is 18.2. The number of para-hydroxylation sites is 1. The maximum absolute atomic E-state index is 7.32. The van der Waals surface area contributed by atoms with Crippen molar-refractivity contribution in [1.29, 1.82) is 0 Å². The second-order valence-corrected chi connectivity index (χ2v) is 23.0. The van der Waals surface area contributed by atoms with Crippen LogP contribution in [0.4, 0.5) is 17.1 Å². The molecule has 0 radical (unpaired) electrons. The molecule has 3 aliphatic rings. The predicted molar refractivity (Wildman–Crippen MR) is 349 cm³/mol. The summed E-state index contributed by atoms with van der Waals surface area (Å²) >= 11 is 0. The van der Waals surface area contributed by atoms with E-state index in [-0.39, 0.29) is 0 Å². The fourth-order valence-electron chi connectivity index (χ4n) is 15.2. The molecule has 396 valence electrons. The summed E-state index contributed by atoms with van der Waals surface area (Å²) in [6, 6.07) is 114. The molecule has 1 aliphatic heterocycles. The van der Waals surface area contributed by atoms with Crippen molar-refractivity contribution in [2.45, 2.75) is 10.8 Å². The van der Waals surface area contributed by atoms with Crippen molar-refractivity contribution in [1.82, 2.24) is 0 Å². The van der Waals surface area contributed by atoms with Crippen molar-refractivity contribution in [2.75, 3.05) is 4.90 Å². The molecule has 3 heteroatoms. The van der Waals surface area contributed by atoms with E-state index in [1.807, 2.05) is 6.07 Å². The summed E-state index contributed by atoms with van der Waals surface area (Å²) in [5.74, 6) is 1.82. The quantitative estimate of drug-likeness (QED) is 0.159. The van der Waals surface area contributed by atoms with E-state index in [0.29, 0.717) is 0 Å². The molecule has 0 fully saturated rings. The molecule has 15 aromatic rings. The molecular formula is C82H51NO2. The van der Waals surface area contributed by atoms with Crippen LogP contribution in [0.25, 0.3) is 88.0 Å². The van der Waals surface area contributed by atoms with Gasteiger partial charge in [-0.05, 0) is 143 Å². The normalized spacial score (nSPS) is 13.7. The standard InChI is InChI=1S/C82H51NO2/c1-3-22-57(23-4-1)81(58-24-5-2-6-25-58)70-33-14-12-30-66(70)69-51-61(44-48-72(69)81)83(59-42-37-54(38-43-59)62-32-18-36-77-78(62)68-31-13-16-35-76(68)84-77)60-26-17-21-55(49-60)56-39-45-67-65-29-11-15-34-71(65)82(75(67)50-56)73-46-40-52-19-7-9-27-63(52)79(73)85-80-64-28-10-8-20-53(64)41-47-74(80)82/h1-51H. The third-order valence-electron chi connectivity index (χ3n) is 18.8. The molecule has 0 unspecified atom stereocenters. The lowest BCUT2D eigenvalue weighted by atomic mass is 9.65. The summed E-state index contributed by atoms with van der Waals surface area (Å²) < 4.78 is 13.7. The van der Waals surface area contributed by atoms with Crippen molar-refractivity contribution in [3.05, 3.63) is 354 Å². The first-order chi connectivity index (χ1) is 42.1. The van der Waals surface area contributed by atoms with Gasteiger partial charge in [0, 0.05) is 49.7 Å². The van der Waals surface area contributed by atoms with Gasteiger partial charge in [-0.15, -0.1) is 0 Å². The van der Waals surface area contributed by atoms with Gasteiger partial charge in [0.1, 0.15) is 22.7 Å². The van der Waals surface area contributed by atoms with Crippen LogP contribution in [-0.2, 0) is 10.8 Å². The van der Waals surface area contributed by atoms with E-state index in [0.717, 1.165) is 105 Å². The monoisotopic (exact) mass is 1080 g/mol. The van der Waals surface area contributed by atoms with E-state index >= 15 is 0 Å². The fraction of sp³-hybridized carbons (Fsp3) is 0.0244. The summed E-state index contributed by atoms with van der Waals surface area (Å²) in [5, 5.41) is 6.76. The summed E-state index contributed by atoms with van der Waals surface area (Å²) in [7, 11) is 0. The third kappa shape index (κ3) is 6.72. The Kier molecular flexibility index (Phi) is 10.2. The maximum Gasteiger partial charge on any atom is 0.140 e. The first-order valence-corrected chi connectivity index (χ1v) is 29.4. The number of hydrogen-bond acceptors (Lipinski definition) is 3. The number of nitrogens with zero attached hydrogens (tertiary/aromatic N) is 1. The maximum atomic E-state index is 7.32. The van der Waals surface area contributed by atoms with Crippen LogP contribution in [0.2, 0.25) is 0 Å². The van der Waals surface area contributed by atoms with Gasteiger partial charge in [-0.3, -0.25) is 0 Å². The topological polar surface area (TPSA) is 25.6 Å². The first kappa shape index (κ1) is 47.6. The summed E-state index contributed by atoms with van der Waals surface area (Å²) in [6.45, 7) is 0. The molecule has 1 spiro atoms. The van der Waals surface area contributed by atoms with Crippen LogP contribution >= 0.6 is 0 Å². The van der Waals surface area contributed by atoms with Crippen LogP contribution in [0.5, 0.6) is 11.5 Å². The Balaban J connectivity index is 0.839. The van der Waals surface area contributed by atoms with Crippen LogP contribution in [0.1, 0.15) is 44.5 Å². The van der Waals surface area contributed by atoms with Crippen molar-refractivity contribution >= 4 is 60.5 Å². The molecule has 0 saturated heterocycles. The highest BCUT2D eigenvalue weighted by molar-refractivity contribution is 6.12. The molecular weight excluding hydrogens is 1030 g/mol. The van der Waals surface area contributed by atoms with Crippen LogP contribution in [-0.4, -0.2) is 0 Å². The minimum absolute atomic E-state index is 0.520. The van der Waals surface area contributed by atoms with E-state index in [4.69, 9.17) is 9.15 Å². The molecule has 0 bridgehead atoms. The van der Waals surface area contributed by atoms with Crippen LogP contribution in [0.15, 0.2) is 314 Å². The summed E-state index contributed by atoms with van der Waals surface area (Å²) in [6.07, 6.45) is 0. The Bertz CT molecular complexity index is 5100. The van der Waals surface area contributed by atoms with Crippen molar-refractivity contribution in [2.24, 2.45) is 0 Å². The fourth-order valence-corrected chi connectivity index (χ4v) is 15.2. The third-order valence-corrected chi connectivity index (χ3v) is 18.8. The molecule has 1 aromatic heterocycles. The Morgan fingerprint density at radius 3 is 1.46 bits per heavy atom. The molecule has 14 aromatic carbocycles. The van der Waals surface area contributed by atoms with Crippen LogP contribution < -0.4 is 9.64 Å². The van der Waals surface area contributed by atoms with Gasteiger partial charge in [0.15, 0.2) is 0 Å². The van der Waals surface area contributed by atoms with E-state index < -0.39 is 10.8 Å². The average molecular weight is 1080 g/mol. The predicted octanol–water partition coefficient (Wildman–Crippen LogP) is 21.5. The van der Waals surface area contributed by atoms with Crippen molar-refractivity contribution in [3.8, 4) is 56.0 Å². The molecule has 85 heavy (non-hydrogen) atoms. The summed E-state index contributed by atoms with van der Waals surface area (Å²) in [4.78, 5) is 2.45. The largest absolute Gasteiger partial charge is 0.456 e. The van der Waals surface area contributed by atoms with Gasteiger partial charge in [-0.1, -0.05) is 255 Å². The van der Waals surface area contributed by atoms with Gasteiger partial charge in [0.25, 0.3) is 0 Å². The zero-order valence-corrected chi connectivity index (χ0v) is 46.2. The number of rotatable bonds is 7. The highest BCUT2D eigenvalue weighted by Gasteiger charge is 2.52. The van der Waals surface area contributed by atoms with E-state index in [9.17, 15) is 0 Å². The number of anilines is 3. The number of hydrogen-bond donors (Lipinski definition) is 0. The Morgan fingerprint density at radius 1 is 0.259 bits per heavy atom. The molecule has 2 heterocycles. The number of furan rings is 1. The molecule has 0 N–H and O–H groups in total. The van der Waals surface area contributed by atoms with Crippen LogP contribution in [0, 0.1) is 0 Å². The lowest BCUT2D eigenvalue weighted by molar-refractivity contribution is 0.447. The molecule has 18 rings (SSSR count). The number of ether oxygens (including phenoxy) is 1. The SMILES string of the molecule is c1ccc(C2(c3ccccc3)c3ccccc3-c3cc(N(c4ccc(-c5cccc6oc7ccccc7c56)cc4)c4cccc(-c5ccc6c(c5)C5(c7ccccc7-6)c6ccc7ccccc7c6Oc6c5ccc5ccccc65)c4)ccc32)cc1. The van der Waals surface area contributed by atoms with E-state index in [2.05, 4.69) is 308 Å². The summed E-state index contributed by atoms with van der Waals surface area (Å²) in [5.41, 5.74) is 23.1. The zero-order chi connectivity index (χ0) is 55.8. The van der Waals surface area contributed by atoms with Gasteiger partial charge in [0.2, 0.25) is 0 Å². The Labute approximate surface area is 492 Å². The molecule has 0 atom stereocenters. The molecule has 0 saturated carbocycles. The molecule has 3 nitrogen and oxygen atoms in total. The van der Waals surface area contributed by atoms with E-state index in [1.165, 1.54) is 55.6 Å². The van der Waals surface area contributed by atoms with Gasteiger partial charge < -0.3 is 14.1 Å². The molecule has 0 amide bonds. The Hall–Kier alpha value is -11.0. The molecule has 2 aliphatic carbocycles. The van der Waals surface area contributed by atoms with Gasteiger partial charge in [0.05, 0.1) is 10.8 Å². The van der Waals surface area contributed by atoms with Crippen molar-refractivity contribution in [3.63, 3.8) is 0 Å². The lowest BCUT2D eigenvalue weighted by Gasteiger charge is -2.40. The highest BCUT2D eigenvalue weighted by Crippen LogP contribution is 2.65. The number of benzene rings is 14. The van der Waals surface area contributed by atoms with E-state index in [1.54, 1.807) is 0 Å². The van der Waals surface area contributed by atoms with Gasteiger partial charge in [-0.25, -0.2) is 0 Å².